The first-order valence-corrected chi connectivity index (χ1v) is 12.3. The molecule has 0 spiro atoms. The summed E-state index contributed by atoms with van der Waals surface area (Å²) >= 11 is 0. The summed E-state index contributed by atoms with van der Waals surface area (Å²) in [7, 11) is 0. The molecule has 1 amide bonds. The lowest BCUT2D eigenvalue weighted by Crippen LogP contribution is -2.71. The van der Waals surface area contributed by atoms with E-state index in [9.17, 15) is 18.0 Å². The van der Waals surface area contributed by atoms with E-state index in [4.69, 9.17) is 5.73 Å². The van der Waals surface area contributed by atoms with E-state index >= 15 is 4.39 Å². The number of halogens is 4. The molecule has 10 heteroatoms. The fourth-order valence-corrected chi connectivity index (χ4v) is 6.05. The fourth-order valence-electron chi connectivity index (χ4n) is 6.05. The number of primary amides is 1. The summed E-state index contributed by atoms with van der Waals surface area (Å²) in [5.74, 6) is -1.29. The highest BCUT2D eigenvalue weighted by Crippen LogP contribution is 2.44. The predicted molar refractivity (Wildman–Crippen MR) is 120 cm³/mol. The van der Waals surface area contributed by atoms with Crippen LogP contribution >= 0.6 is 0 Å². The molecule has 192 valence electrons. The number of hydrogen-bond acceptors (Lipinski definition) is 5. The van der Waals surface area contributed by atoms with Crippen LogP contribution in [0.15, 0.2) is 0 Å². The van der Waals surface area contributed by atoms with E-state index in [0.717, 1.165) is 6.42 Å². The molecule has 1 saturated carbocycles. The van der Waals surface area contributed by atoms with Crippen LogP contribution in [-0.4, -0.2) is 60.8 Å². The van der Waals surface area contributed by atoms with E-state index in [-0.39, 0.29) is 30.2 Å². The van der Waals surface area contributed by atoms with Crippen molar-refractivity contribution < 1.29 is 22.4 Å². The summed E-state index contributed by atoms with van der Waals surface area (Å²) in [6.45, 7) is 9.19. The topological polar surface area (TPSA) is 82.4 Å². The van der Waals surface area contributed by atoms with Gasteiger partial charge in [-0.05, 0) is 55.8 Å². The van der Waals surface area contributed by atoms with Crippen LogP contribution in [-0.2, 0) is 4.79 Å². The first-order chi connectivity index (χ1) is 15.3. The monoisotopic (exact) mass is 479 g/mol. The highest BCUT2D eigenvalue weighted by molar-refractivity contribution is 5.79. The summed E-state index contributed by atoms with van der Waals surface area (Å²) < 4.78 is 55.2. The molecule has 3 aliphatic rings. The maximum absolute atomic E-state index is 15.8. The highest BCUT2D eigenvalue weighted by atomic mass is 19.4. The van der Waals surface area contributed by atoms with Gasteiger partial charge in [0.05, 0.1) is 24.3 Å². The number of carbonyl (C=O) groups excluding carboxylic acids is 1. The highest BCUT2D eigenvalue weighted by Gasteiger charge is 2.49. The van der Waals surface area contributed by atoms with Gasteiger partial charge >= 0.3 is 6.18 Å². The quantitative estimate of drug-likeness (QED) is 0.440. The molecule has 5 N–H and O–H groups in total. The average molecular weight is 480 g/mol. The second kappa shape index (κ2) is 10.3. The molecule has 0 aromatic rings. The molecule has 0 radical (unpaired) electrons. The molecule has 1 aliphatic carbocycles. The van der Waals surface area contributed by atoms with Crippen LogP contribution in [0.1, 0.15) is 66.2 Å². The molecule has 0 bridgehead atoms. The fraction of sp³-hybridized carbons (Fsp3) is 0.957. The average Bonchev–Trinajstić information content (AvgIpc) is 3.08. The van der Waals surface area contributed by atoms with E-state index in [0.29, 0.717) is 38.4 Å². The number of nitrogens with two attached hydrogens (primary N) is 1. The van der Waals surface area contributed by atoms with Gasteiger partial charge in [-0.2, -0.15) is 13.2 Å². The zero-order valence-corrected chi connectivity index (χ0v) is 20.2. The Balaban J connectivity index is 1.68. The van der Waals surface area contributed by atoms with Gasteiger partial charge in [0.2, 0.25) is 5.91 Å². The van der Waals surface area contributed by atoms with E-state index in [1.807, 2.05) is 20.8 Å². The first kappa shape index (κ1) is 26.6. The van der Waals surface area contributed by atoms with Crippen molar-refractivity contribution in [2.24, 2.45) is 28.9 Å². The van der Waals surface area contributed by atoms with Crippen LogP contribution in [0.2, 0.25) is 0 Å². The third-order valence-electron chi connectivity index (χ3n) is 7.68. The van der Waals surface area contributed by atoms with Crippen molar-refractivity contribution in [1.82, 2.24) is 20.9 Å². The molecule has 2 heterocycles. The Bertz CT molecular complexity index is 662. The van der Waals surface area contributed by atoms with Crippen LogP contribution in [0.4, 0.5) is 17.6 Å². The molecule has 0 aromatic heterocycles. The molecule has 2 aliphatic heterocycles. The van der Waals surface area contributed by atoms with Crippen molar-refractivity contribution in [2.75, 3.05) is 13.2 Å². The predicted octanol–water partition coefficient (Wildman–Crippen LogP) is 3.09. The van der Waals surface area contributed by atoms with E-state index in [2.05, 4.69) is 27.8 Å². The molecular weight excluding hydrogens is 438 g/mol. The number of rotatable bonds is 6. The van der Waals surface area contributed by atoms with Gasteiger partial charge in [-0.3, -0.25) is 25.6 Å². The lowest BCUT2D eigenvalue weighted by Gasteiger charge is -2.46. The molecule has 2 saturated heterocycles. The molecule has 3 rings (SSSR count). The number of amides is 1. The van der Waals surface area contributed by atoms with Crippen molar-refractivity contribution in [3.63, 3.8) is 0 Å². The number of nitrogens with one attached hydrogen (secondary N) is 3. The standard InChI is InChI=1S/C23H41F4N5O/c1-13-9-10-32(18(13)14-5-7-15(8-6-14)23(25,26)27)21-17(24)20(29-12-30-21)31-16(19(28)33)11-22(2,3)4/h13-18,20-21,29-31H,5-12H2,1-4H3,(H2,28,33)/t13?,14?,15?,16-,17?,18?,20?,21?/m1/s1. The number of carbonyl (C=O) groups is 1. The van der Waals surface area contributed by atoms with Gasteiger partial charge in [-0.1, -0.05) is 27.7 Å². The van der Waals surface area contributed by atoms with Gasteiger partial charge in [-0.25, -0.2) is 4.39 Å². The zero-order chi connectivity index (χ0) is 24.6. The van der Waals surface area contributed by atoms with Crippen LogP contribution in [0.5, 0.6) is 0 Å². The largest absolute Gasteiger partial charge is 0.391 e. The SMILES string of the molecule is CC1CCN(C2NCNC(N[C@H](CC(C)(C)C)C(N)=O)C2F)C1C1CCC(C(F)(F)F)CC1. The van der Waals surface area contributed by atoms with Crippen molar-refractivity contribution in [3.05, 3.63) is 0 Å². The van der Waals surface area contributed by atoms with E-state index in [1.54, 1.807) is 0 Å². The van der Waals surface area contributed by atoms with E-state index in [1.165, 1.54) is 0 Å². The first-order valence-electron chi connectivity index (χ1n) is 12.3. The van der Waals surface area contributed by atoms with Gasteiger partial charge in [-0.15, -0.1) is 0 Å². The third-order valence-corrected chi connectivity index (χ3v) is 7.68. The summed E-state index contributed by atoms with van der Waals surface area (Å²) in [5, 5.41) is 9.37. The minimum absolute atomic E-state index is 0.0511. The van der Waals surface area contributed by atoms with Gasteiger partial charge in [0, 0.05) is 19.3 Å². The Morgan fingerprint density at radius 1 is 1.12 bits per heavy atom. The molecule has 0 aromatic carbocycles. The molecule has 6 atom stereocenters. The second-order valence-electron chi connectivity index (χ2n) is 11.5. The normalized spacial score (nSPS) is 37.8. The van der Waals surface area contributed by atoms with Crippen molar-refractivity contribution in [3.8, 4) is 0 Å². The van der Waals surface area contributed by atoms with Crippen LogP contribution < -0.4 is 21.7 Å². The van der Waals surface area contributed by atoms with Gasteiger partial charge in [0.1, 0.15) is 0 Å². The summed E-state index contributed by atoms with van der Waals surface area (Å²) in [5.41, 5.74) is 5.43. The molecule has 3 fully saturated rings. The maximum atomic E-state index is 15.8. The van der Waals surface area contributed by atoms with E-state index < -0.39 is 42.5 Å². The third kappa shape index (κ3) is 6.58. The zero-order valence-electron chi connectivity index (χ0n) is 20.2. The van der Waals surface area contributed by atoms with Gasteiger partial charge in [0.25, 0.3) is 0 Å². The van der Waals surface area contributed by atoms with Crippen molar-refractivity contribution in [2.45, 2.75) is 103 Å². The maximum Gasteiger partial charge on any atom is 0.391 e. The Morgan fingerprint density at radius 3 is 2.30 bits per heavy atom. The summed E-state index contributed by atoms with van der Waals surface area (Å²) in [4.78, 5) is 14.1. The smallest absolute Gasteiger partial charge is 0.368 e. The number of alkyl halides is 4. The molecule has 33 heavy (non-hydrogen) atoms. The van der Waals surface area contributed by atoms with Gasteiger partial charge < -0.3 is 5.73 Å². The number of likely N-dealkylation sites (tertiary alicyclic amines) is 1. The Labute approximate surface area is 194 Å². The Morgan fingerprint density at radius 2 is 1.76 bits per heavy atom. The Kier molecular flexibility index (Phi) is 8.34. The van der Waals surface area contributed by atoms with Crippen molar-refractivity contribution >= 4 is 5.91 Å². The van der Waals surface area contributed by atoms with Gasteiger partial charge in [0.15, 0.2) is 6.17 Å². The number of hydrogen-bond donors (Lipinski definition) is 4. The summed E-state index contributed by atoms with van der Waals surface area (Å²) in [6, 6.07) is -0.611. The summed E-state index contributed by atoms with van der Waals surface area (Å²) in [6.07, 6.45) is -4.05. The van der Waals surface area contributed by atoms with Crippen molar-refractivity contribution in [1.29, 1.82) is 0 Å². The molecule has 6 nitrogen and oxygen atoms in total. The molecular formula is C23H41F4N5O. The van der Waals surface area contributed by atoms with Crippen LogP contribution in [0, 0.1) is 23.2 Å². The minimum Gasteiger partial charge on any atom is -0.368 e. The lowest BCUT2D eigenvalue weighted by atomic mass is 9.75. The van der Waals surface area contributed by atoms with Crippen LogP contribution in [0.3, 0.4) is 0 Å². The lowest BCUT2D eigenvalue weighted by molar-refractivity contribution is -0.185. The second-order valence-corrected chi connectivity index (χ2v) is 11.5. The number of nitrogens with zero attached hydrogens (tertiary/aromatic N) is 1. The molecule has 5 unspecified atom stereocenters. The minimum atomic E-state index is -4.13. The van der Waals surface area contributed by atoms with Crippen LogP contribution in [0.25, 0.3) is 0 Å². The Hall–Kier alpha value is -0.970.